The van der Waals surface area contributed by atoms with Gasteiger partial charge in [0, 0.05) is 23.8 Å². The lowest BCUT2D eigenvalue weighted by molar-refractivity contribution is 0.833. The van der Waals surface area contributed by atoms with Crippen molar-refractivity contribution in [3.8, 4) is 0 Å². The van der Waals surface area contributed by atoms with Gasteiger partial charge in [-0.1, -0.05) is 0 Å². The minimum atomic E-state index is 0.192. The molecule has 0 aliphatic rings. The predicted molar refractivity (Wildman–Crippen MR) is 55.2 cm³/mol. The summed E-state index contributed by atoms with van der Waals surface area (Å²) in [4.78, 5) is 8.28. The van der Waals surface area contributed by atoms with Crippen LogP contribution in [0.25, 0.3) is 0 Å². The number of anilines is 1. The maximum absolute atomic E-state index is 5.79. The van der Waals surface area contributed by atoms with Crippen molar-refractivity contribution in [1.29, 1.82) is 0 Å². The molecule has 1 rings (SSSR count). The molecule has 1 atom stereocenters. The molecule has 0 saturated carbocycles. The van der Waals surface area contributed by atoms with E-state index in [2.05, 4.69) is 15.3 Å². The molecule has 3 nitrogen and oxygen atoms in total. The van der Waals surface area contributed by atoms with Gasteiger partial charge >= 0.3 is 0 Å². The molecule has 0 spiro atoms. The number of hydrogen-bond acceptors (Lipinski definition) is 3. The molecule has 72 valence electrons. The highest BCUT2D eigenvalue weighted by molar-refractivity contribution is 6.20. The third-order valence-electron chi connectivity index (χ3n) is 1.62. The van der Waals surface area contributed by atoms with Gasteiger partial charge in [0.15, 0.2) is 0 Å². The molecule has 0 aromatic carbocycles. The van der Waals surface area contributed by atoms with Gasteiger partial charge in [0.1, 0.15) is 0 Å². The number of nitrogens with zero attached hydrogens (tertiary/aromatic N) is 2. The number of hydrogen-bond donors (Lipinski definition) is 1. The lowest BCUT2D eigenvalue weighted by atomic mass is 10.3. The second kappa shape index (κ2) is 5.02. The van der Waals surface area contributed by atoms with E-state index in [9.17, 15) is 0 Å². The van der Waals surface area contributed by atoms with Gasteiger partial charge in [-0.2, -0.15) is 0 Å². The number of halogens is 1. The Morgan fingerprint density at radius 2 is 2.38 bits per heavy atom. The van der Waals surface area contributed by atoms with E-state index in [1.54, 1.807) is 6.20 Å². The summed E-state index contributed by atoms with van der Waals surface area (Å²) < 4.78 is 0. The summed E-state index contributed by atoms with van der Waals surface area (Å²) in [6.07, 6.45) is 2.66. The first-order valence-corrected chi connectivity index (χ1v) is 4.79. The molecular formula is C9H14ClN3. The second-order valence-corrected chi connectivity index (χ2v) is 3.76. The van der Waals surface area contributed by atoms with Crippen molar-refractivity contribution < 1.29 is 0 Å². The molecule has 0 saturated heterocycles. The van der Waals surface area contributed by atoms with Gasteiger partial charge in [0.25, 0.3) is 0 Å². The van der Waals surface area contributed by atoms with Crippen LogP contribution in [0.4, 0.5) is 5.95 Å². The van der Waals surface area contributed by atoms with Crippen LogP contribution < -0.4 is 5.32 Å². The number of alkyl halides is 1. The molecule has 4 heteroatoms. The zero-order chi connectivity index (χ0) is 9.68. The van der Waals surface area contributed by atoms with Crippen LogP contribution in [-0.2, 0) is 0 Å². The SMILES string of the molecule is Cc1ccnc(NCCC(C)Cl)n1. The topological polar surface area (TPSA) is 37.8 Å². The fourth-order valence-corrected chi connectivity index (χ4v) is 1.03. The van der Waals surface area contributed by atoms with Gasteiger partial charge < -0.3 is 5.32 Å². The normalized spacial score (nSPS) is 12.5. The maximum Gasteiger partial charge on any atom is 0.222 e. The third-order valence-corrected chi connectivity index (χ3v) is 1.84. The molecule has 1 aromatic rings. The summed E-state index contributed by atoms with van der Waals surface area (Å²) in [6, 6.07) is 1.87. The minimum absolute atomic E-state index is 0.192. The van der Waals surface area contributed by atoms with E-state index in [0.717, 1.165) is 18.7 Å². The Morgan fingerprint density at radius 3 is 3.00 bits per heavy atom. The van der Waals surface area contributed by atoms with Crippen LogP contribution in [0, 0.1) is 6.92 Å². The molecule has 1 heterocycles. The first kappa shape index (κ1) is 10.3. The summed E-state index contributed by atoms with van der Waals surface area (Å²) >= 11 is 5.79. The average Bonchev–Trinajstić information content (AvgIpc) is 2.03. The third kappa shape index (κ3) is 4.08. The van der Waals surface area contributed by atoms with Gasteiger partial charge in [-0.25, -0.2) is 9.97 Å². The van der Waals surface area contributed by atoms with Gasteiger partial charge in [0.2, 0.25) is 5.95 Å². The Balaban J connectivity index is 2.37. The Morgan fingerprint density at radius 1 is 1.62 bits per heavy atom. The van der Waals surface area contributed by atoms with Crippen LogP contribution in [0.5, 0.6) is 0 Å². The van der Waals surface area contributed by atoms with Crippen molar-refractivity contribution in [1.82, 2.24) is 9.97 Å². The maximum atomic E-state index is 5.79. The van der Waals surface area contributed by atoms with E-state index >= 15 is 0 Å². The van der Waals surface area contributed by atoms with E-state index in [-0.39, 0.29) is 5.38 Å². The van der Waals surface area contributed by atoms with Crippen molar-refractivity contribution in [2.24, 2.45) is 0 Å². The summed E-state index contributed by atoms with van der Waals surface area (Å²) in [5.74, 6) is 0.678. The molecule has 0 amide bonds. The highest BCUT2D eigenvalue weighted by Gasteiger charge is 1.97. The number of nitrogens with one attached hydrogen (secondary N) is 1. The van der Waals surface area contributed by atoms with E-state index in [1.807, 2.05) is 19.9 Å². The Kier molecular flexibility index (Phi) is 3.96. The minimum Gasteiger partial charge on any atom is -0.354 e. The molecule has 0 bridgehead atoms. The highest BCUT2D eigenvalue weighted by Crippen LogP contribution is 2.02. The molecule has 1 unspecified atom stereocenters. The number of aromatic nitrogens is 2. The summed E-state index contributed by atoms with van der Waals surface area (Å²) in [7, 11) is 0. The zero-order valence-corrected chi connectivity index (χ0v) is 8.67. The second-order valence-electron chi connectivity index (χ2n) is 3.02. The van der Waals surface area contributed by atoms with E-state index in [4.69, 9.17) is 11.6 Å². The molecule has 0 aliphatic heterocycles. The summed E-state index contributed by atoms with van der Waals surface area (Å²) in [5, 5.41) is 3.30. The van der Waals surface area contributed by atoms with Crippen molar-refractivity contribution in [3.05, 3.63) is 18.0 Å². The quantitative estimate of drug-likeness (QED) is 0.756. The lowest BCUT2D eigenvalue weighted by Crippen LogP contribution is -2.08. The Labute approximate surface area is 83.5 Å². The standard InChI is InChI=1S/C9H14ClN3/c1-7(10)3-5-11-9-12-6-4-8(2)13-9/h4,6-7H,3,5H2,1-2H3,(H,11,12,13). The monoisotopic (exact) mass is 199 g/mol. The van der Waals surface area contributed by atoms with Crippen LogP contribution in [0.2, 0.25) is 0 Å². The van der Waals surface area contributed by atoms with Crippen LogP contribution in [0.1, 0.15) is 19.0 Å². The highest BCUT2D eigenvalue weighted by atomic mass is 35.5. The molecular weight excluding hydrogens is 186 g/mol. The fourth-order valence-electron chi connectivity index (χ4n) is 0.917. The first-order chi connectivity index (χ1) is 6.18. The molecule has 0 radical (unpaired) electrons. The number of aryl methyl sites for hydroxylation is 1. The molecule has 0 aliphatic carbocycles. The van der Waals surface area contributed by atoms with Crippen LogP contribution in [0.15, 0.2) is 12.3 Å². The Bertz CT molecular complexity index is 263. The van der Waals surface area contributed by atoms with Crippen LogP contribution >= 0.6 is 11.6 Å². The zero-order valence-electron chi connectivity index (χ0n) is 7.92. The van der Waals surface area contributed by atoms with Crippen molar-refractivity contribution in [2.75, 3.05) is 11.9 Å². The average molecular weight is 200 g/mol. The lowest BCUT2D eigenvalue weighted by Gasteiger charge is -2.05. The molecule has 1 N–H and O–H groups in total. The fraction of sp³-hybridized carbons (Fsp3) is 0.556. The van der Waals surface area contributed by atoms with Crippen molar-refractivity contribution >= 4 is 17.5 Å². The summed E-state index contributed by atoms with van der Waals surface area (Å²) in [6.45, 7) is 4.73. The first-order valence-electron chi connectivity index (χ1n) is 4.36. The van der Waals surface area contributed by atoms with Gasteiger partial charge in [-0.3, -0.25) is 0 Å². The van der Waals surface area contributed by atoms with Gasteiger partial charge in [0.05, 0.1) is 0 Å². The molecule has 13 heavy (non-hydrogen) atoms. The number of rotatable bonds is 4. The predicted octanol–water partition coefficient (Wildman–Crippen LogP) is 2.21. The van der Waals surface area contributed by atoms with E-state index < -0.39 is 0 Å². The van der Waals surface area contributed by atoms with Crippen LogP contribution in [-0.4, -0.2) is 21.9 Å². The van der Waals surface area contributed by atoms with Crippen LogP contribution in [0.3, 0.4) is 0 Å². The summed E-state index contributed by atoms with van der Waals surface area (Å²) in [5.41, 5.74) is 0.969. The van der Waals surface area contributed by atoms with E-state index in [1.165, 1.54) is 0 Å². The smallest absolute Gasteiger partial charge is 0.222 e. The van der Waals surface area contributed by atoms with Gasteiger partial charge in [-0.05, 0) is 26.3 Å². The molecule has 0 fully saturated rings. The van der Waals surface area contributed by atoms with E-state index in [0.29, 0.717) is 5.95 Å². The van der Waals surface area contributed by atoms with Gasteiger partial charge in [-0.15, -0.1) is 11.6 Å². The van der Waals surface area contributed by atoms with Crippen molar-refractivity contribution in [3.63, 3.8) is 0 Å². The Hall–Kier alpha value is -0.830. The van der Waals surface area contributed by atoms with Crippen molar-refractivity contribution in [2.45, 2.75) is 25.6 Å². The largest absolute Gasteiger partial charge is 0.354 e. The molecule has 1 aromatic heterocycles.